The van der Waals surface area contributed by atoms with E-state index in [2.05, 4.69) is 66.2 Å². The van der Waals surface area contributed by atoms with Crippen LogP contribution >= 0.6 is 0 Å². The number of hydrogen-bond acceptors (Lipinski definition) is 2. The van der Waals surface area contributed by atoms with E-state index in [0.29, 0.717) is 6.54 Å². The number of nitrogens with zero attached hydrogens (tertiary/aromatic N) is 2. The number of piperidine rings is 1. The van der Waals surface area contributed by atoms with Gasteiger partial charge in [0.25, 0.3) is 0 Å². The van der Waals surface area contributed by atoms with Crippen molar-refractivity contribution >= 4 is 10.9 Å². The summed E-state index contributed by atoms with van der Waals surface area (Å²) < 4.78 is 14.6. The van der Waals surface area contributed by atoms with Gasteiger partial charge in [-0.15, -0.1) is 0 Å². The fourth-order valence-electron chi connectivity index (χ4n) is 4.25. The van der Waals surface area contributed by atoms with Crippen LogP contribution in [0.2, 0.25) is 0 Å². The molecule has 3 nitrogen and oxygen atoms in total. The molecule has 0 spiro atoms. The summed E-state index contributed by atoms with van der Waals surface area (Å²) in [6.07, 6.45) is 2.00. The van der Waals surface area contributed by atoms with Crippen molar-refractivity contribution in [2.75, 3.05) is 19.6 Å². The molecule has 0 aliphatic carbocycles. The molecule has 4 rings (SSSR count). The molecule has 2 atom stereocenters. The molecule has 0 unspecified atom stereocenters. The smallest absolute Gasteiger partial charge is 0.120 e. The fraction of sp³-hybridized carbons (Fsp3) is 0.409. The lowest BCUT2D eigenvalue weighted by Gasteiger charge is -2.34. The van der Waals surface area contributed by atoms with Crippen molar-refractivity contribution in [3.05, 3.63) is 53.2 Å². The summed E-state index contributed by atoms with van der Waals surface area (Å²) in [7, 11) is 0. The number of hydrogen-bond donors (Lipinski definition) is 1. The van der Waals surface area contributed by atoms with Gasteiger partial charge in [0.2, 0.25) is 0 Å². The normalized spacial score (nSPS) is 21.4. The molecule has 0 radical (unpaired) electrons. The van der Waals surface area contributed by atoms with Gasteiger partial charge in [-0.1, -0.05) is 37.3 Å². The Kier molecular flexibility index (Phi) is 4.53. The van der Waals surface area contributed by atoms with Crippen LogP contribution in [0.4, 0.5) is 4.39 Å². The summed E-state index contributed by atoms with van der Waals surface area (Å²) >= 11 is 0. The molecule has 1 aliphatic rings. The first-order valence-electron chi connectivity index (χ1n) is 9.48. The second-order valence-electron chi connectivity index (χ2n) is 7.45. The number of aromatic nitrogens is 2. The molecule has 0 saturated carbocycles. The molecular weight excluding hydrogens is 325 g/mol. The number of aromatic amines is 1. The summed E-state index contributed by atoms with van der Waals surface area (Å²) in [6.45, 7) is 8.81. The Morgan fingerprint density at radius 1 is 1.23 bits per heavy atom. The van der Waals surface area contributed by atoms with Gasteiger partial charge in [0.05, 0.1) is 11.7 Å². The first-order chi connectivity index (χ1) is 12.6. The summed E-state index contributed by atoms with van der Waals surface area (Å²) in [6, 6.07) is 10.7. The standard InChI is InChI=1S/C22H26FN3/c1-4-26-10-9-18(21(23)13-26)16-5-7-17(8-6-16)19-11-14(2)20-12-24-25-22(20)15(19)3/h5-8,11-12,18,21H,4,9-10,13H2,1-3H3,(H,24,25)/t18-,21+/m0/s1. The molecule has 0 bridgehead atoms. The van der Waals surface area contributed by atoms with Gasteiger partial charge in [0.1, 0.15) is 6.17 Å². The molecule has 1 fully saturated rings. The Bertz CT molecular complexity index is 913. The highest BCUT2D eigenvalue weighted by Crippen LogP contribution is 2.34. The Morgan fingerprint density at radius 2 is 2.00 bits per heavy atom. The summed E-state index contributed by atoms with van der Waals surface area (Å²) in [4.78, 5) is 2.20. The maximum Gasteiger partial charge on any atom is 0.120 e. The summed E-state index contributed by atoms with van der Waals surface area (Å²) in [5.41, 5.74) is 7.02. The van der Waals surface area contributed by atoms with Crippen molar-refractivity contribution in [2.24, 2.45) is 0 Å². The second kappa shape index (κ2) is 6.84. The van der Waals surface area contributed by atoms with Crippen LogP contribution in [-0.4, -0.2) is 40.9 Å². The van der Waals surface area contributed by atoms with Crippen molar-refractivity contribution in [2.45, 2.75) is 39.3 Å². The van der Waals surface area contributed by atoms with Crippen LogP contribution in [0.5, 0.6) is 0 Å². The topological polar surface area (TPSA) is 31.9 Å². The molecule has 4 heteroatoms. The van der Waals surface area contributed by atoms with Crippen LogP contribution in [0.1, 0.15) is 36.0 Å². The molecule has 3 aromatic rings. The highest BCUT2D eigenvalue weighted by Gasteiger charge is 2.29. The number of nitrogens with one attached hydrogen (secondary N) is 1. The van der Waals surface area contributed by atoms with Crippen molar-refractivity contribution in [1.82, 2.24) is 15.1 Å². The highest BCUT2D eigenvalue weighted by molar-refractivity contribution is 5.91. The minimum atomic E-state index is -0.778. The van der Waals surface area contributed by atoms with Gasteiger partial charge in [-0.05, 0) is 61.2 Å². The lowest BCUT2D eigenvalue weighted by atomic mass is 9.86. The SMILES string of the molecule is CCN1CC[C@@H](c2ccc(-c3cc(C)c4cn[nH]c4c3C)cc2)[C@H](F)C1. The monoisotopic (exact) mass is 351 g/mol. The average molecular weight is 351 g/mol. The minimum absolute atomic E-state index is 0.0183. The van der Waals surface area contributed by atoms with Crippen LogP contribution in [0.3, 0.4) is 0 Å². The zero-order valence-corrected chi connectivity index (χ0v) is 15.7. The summed E-state index contributed by atoms with van der Waals surface area (Å²) in [5.74, 6) is 0.0183. The number of aryl methyl sites for hydroxylation is 2. The zero-order chi connectivity index (χ0) is 18.3. The predicted octanol–water partition coefficient (Wildman–Crippen LogP) is 4.99. The van der Waals surface area contributed by atoms with Crippen LogP contribution in [-0.2, 0) is 0 Å². The Hall–Kier alpha value is -2.20. The van der Waals surface area contributed by atoms with E-state index in [1.54, 1.807) is 0 Å². The van der Waals surface area contributed by atoms with E-state index in [4.69, 9.17) is 0 Å². The molecule has 1 N–H and O–H groups in total. The van der Waals surface area contributed by atoms with E-state index in [1.807, 2.05) is 6.20 Å². The summed E-state index contributed by atoms with van der Waals surface area (Å²) in [5, 5.41) is 8.47. The highest BCUT2D eigenvalue weighted by atomic mass is 19.1. The number of alkyl halides is 1. The number of benzene rings is 2. The van der Waals surface area contributed by atoms with Gasteiger partial charge in [0.15, 0.2) is 0 Å². The Balaban J connectivity index is 1.64. The van der Waals surface area contributed by atoms with Gasteiger partial charge >= 0.3 is 0 Å². The molecule has 136 valence electrons. The van der Waals surface area contributed by atoms with E-state index < -0.39 is 6.17 Å². The number of fused-ring (bicyclic) bond motifs is 1. The Labute approximate surface area is 154 Å². The molecule has 2 heterocycles. The fourth-order valence-corrected chi connectivity index (χ4v) is 4.25. The predicted molar refractivity (Wildman–Crippen MR) is 105 cm³/mol. The maximum atomic E-state index is 14.6. The molecule has 1 saturated heterocycles. The van der Waals surface area contributed by atoms with Gasteiger partial charge < -0.3 is 4.90 Å². The molecule has 0 amide bonds. The van der Waals surface area contributed by atoms with E-state index in [9.17, 15) is 4.39 Å². The van der Waals surface area contributed by atoms with Gasteiger partial charge in [-0.25, -0.2) is 4.39 Å². The van der Waals surface area contributed by atoms with Crippen LogP contribution in [0.25, 0.3) is 22.0 Å². The van der Waals surface area contributed by atoms with E-state index in [0.717, 1.165) is 30.6 Å². The van der Waals surface area contributed by atoms with Gasteiger partial charge in [0, 0.05) is 17.8 Å². The molecular formula is C22H26FN3. The van der Waals surface area contributed by atoms with E-state index in [1.165, 1.54) is 27.6 Å². The molecule has 1 aliphatic heterocycles. The van der Waals surface area contributed by atoms with Crippen LogP contribution in [0, 0.1) is 13.8 Å². The van der Waals surface area contributed by atoms with E-state index >= 15 is 0 Å². The van der Waals surface area contributed by atoms with Crippen LogP contribution < -0.4 is 0 Å². The largest absolute Gasteiger partial charge is 0.301 e. The first-order valence-corrected chi connectivity index (χ1v) is 9.48. The third-order valence-corrected chi connectivity index (χ3v) is 5.93. The van der Waals surface area contributed by atoms with Gasteiger partial charge in [-0.2, -0.15) is 5.10 Å². The lowest BCUT2D eigenvalue weighted by Crippen LogP contribution is -2.40. The van der Waals surface area contributed by atoms with Crippen molar-refractivity contribution < 1.29 is 4.39 Å². The third-order valence-electron chi connectivity index (χ3n) is 5.93. The molecule has 1 aromatic heterocycles. The van der Waals surface area contributed by atoms with E-state index in [-0.39, 0.29) is 5.92 Å². The quantitative estimate of drug-likeness (QED) is 0.720. The molecule has 26 heavy (non-hydrogen) atoms. The number of halogens is 1. The number of likely N-dealkylation sites (tertiary alicyclic amines) is 1. The number of rotatable bonds is 3. The second-order valence-corrected chi connectivity index (χ2v) is 7.45. The van der Waals surface area contributed by atoms with Crippen molar-refractivity contribution in [3.8, 4) is 11.1 Å². The maximum absolute atomic E-state index is 14.6. The number of H-pyrrole nitrogens is 1. The lowest BCUT2D eigenvalue weighted by molar-refractivity contribution is 0.122. The average Bonchev–Trinajstić information content (AvgIpc) is 3.16. The Morgan fingerprint density at radius 3 is 2.69 bits per heavy atom. The van der Waals surface area contributed by atoms with Crippen molar-refractivity contribution in [1.29, 1.82) is 0 Å². The van der Waals surface area contributed by atoms with Crippen LogP contribution in [0.15, 0.2) is 36.5 Å². The zero-order valence-electron chi connectivity index (χ0n) is 15.7. The third kappa shape index (κ3) is 2.92. The van der Waals surface area contributed by atoms with Crippen molar-refractivity contribution in [3.63, 3.8) is 0 Å². The van der Waals surface area contributed by atoms with Gasteiger partial charge in [-0.3, -0.25) is 5.10 Å². The minimum Gasteiger partial charge on any atom is -0.301 e. The molecule has 2 aromatic carbocycles. The first kappa shape index (κ1) is 17.2.